The van der Waals surface area contributed by atoms with E-state index in [1.54, 1.807) is 0 Å². The molecule has 262 valence electrons. The van der Waals surface area contributed by atoms with Gasteiger partial charge in [0.1, 0.15) is 11.4 Å². The Hall–Kier alpha value is -2.48. The number of rotatable bonds is 7. The molecule has 4 heterocycles. The lowest BCUT2D eigenvalue weighted by molar-refractivity contribution is -0.191. The van der Waals surface area contributed by atoms with Gasteiger partial charge in [0.15, 0.2) is 6.35 Å². The van der Waals surface area contributed by atoms with Crippen LogP contribution in [0.2, 0.25) is 0 Å². The van der Waals surface area contributed by atoms with Crippen LogP contribution in [-0.2, 0) is 16.0 Å². The molecule has 0 bridgehead atoms. The predicted molar refractivity (Wildman–Crippen MR) is 187 cm³/mol. The van der Waals surface area contributed by atoms with Crippen molar-refractivity contribution in [3.63, 3.8) is 0 Å². The quantitative estimate of drug-likeness (QED) is 0.309. The first-order valence-electron chi connectivity index (χ1n) is 19.0. The van der Waals surface area contributed by atoms with Crippen molar-refractivity contribution in [2.75, 3.05) is 39.8 Å². The molecule has 1 amide bonds. The van der Waals surface area contributed by atoms with Gasteiger partial charge in [0.2, 0.25) is 5.91 Å². The highest BCUT2D eigenvalue weighted by Crippen LogP contribution is 2.52. The zero-order chi connectivity index (χ0) is 33.3. The van der Waals surface area contributed by atoms with Crippen molar-refractivity contribution in [2.45, 2.75) is 133 Å². The number of likely N-dealkylation sites (tertiary alicyclic amines) is 1. The Morgan fingerprint density at radius 2 is 1.94 bits per heavy atom. The highest BCUT2D eigenvalue weighted by molar-refractivity contribution is 5.87. The average molecular weight is 659 g/mol. The summed E-state index contributed by atoms with van der Waals surface area (Å²) in [7, 11) is 2.22. The number of likely N-dealkylation sites (N-methyl/N-ethyl adjacent to an activating group) is 1. The number of carbonyl (C=O) groups excluding carboxylic acids is 1. The third-order valence-electron chi connectivity index (χ3n) is 13.1. The number of benzene rings is 1. The van der Waals surface area contributed by atoms with E-state index in [-0.39, 0.29) is 35.6 Å². The molecule has 1 aromatic carbocycles. The van der Waals surface area contributed by atoms with E-state index in [0.29, 0.717) is 44.0 Å². The van der Waals surface area contributed by atoms with E-state index in [0.717, 1.165) is 50.9 Å². The number of piperazine rings is 1. The monoisotopic (exact) mass is 658 g/mol. The van der Waals surface area contributed by atoms with E-state index in [1.807, 2.05) is 4.90 Å². The summed E-state index contributed by atoms with van der Waals surface area (Å²) in [5.74, 6) is 1.85. The lowest BCUT2D eigenvalue weighted by atomic mass is 9.62. The molecular weight excluding hydrogens is 600 g/mol. The molecule has 0 aromatic heterocycles. The molecule has 2 N–H and O–H groups in total. The second-order valence-corrected chi connectivity index (χ2v) is 15.8. The molecule has 0 radical (unpaired) electrons. The fraction of sp³-hybridized carbons (Fsp3) is 0.744. The molecule has 2 aliphatic carbocycles. The van der Waals surface area contributed by atoms with Crippen molar-refractivity contribution in [1.29, 1.82) is 5.26 Å². The lowest BCUT2D eigenvalue weighted by Gasteiger charge is -2.64. The molecule has 3 saturated heterocycles. The Kier molecular flexibility index (Phi) is 10.2. The molecule has 48 heavy (non-hydrogen) atoms. The van der Waals surface area contributed by atoms with Gasteiger partial charge in [-0.2, -0.15) is 5.26 Å². The predicted octanol–water partition coefficient (Wildman–Crippen LogP) is 5.09. The number of fused-ring (bicyclic) bond motifs is 2. The third kappa shape index (κ3) is 6.44. The van der Waals surface area contributed by atoms with Crippen LogP contribution in [0.4, 0.5) is 0 Å². The van der Waals surface area contributed by atoms with Crippen molar-refractivity contribution in [3.05, 3.63) is 42.0 Å². The number of hydrogen-bond acceptors (Lipinski definition) is 8. The minimum absolute atomic E-state index is 0.0684. The highest BCUT2D eigenvalue weighted by Gasteiger charge is 2.60. The maximum absolute atomic E-state index is 13.0. The summed E-state index contributed by atoms with van der Waals surface area (Å²) >= 11 is 0. The van der Waals surface area contributed by atoms with Crippen LogP contribution < -0.4 is 15.4 Å². The van der Waals surface area contributed by atoms with Gasteiger partial charge in [-0.3, -0.25) is 20.3 Å². The summed E-state index contributed by atoms with van der Waals surface area (Å²) in [6, 6.07) is 9.49. The summed E-state index contributed by atoms with van der Waals surface area (Å²) in [4.78, 5) is 20.0. The number of ether oxygens (including phenoxy) is 2. The van der Waals surface area contributed by atoms with E-state index in [4.69, 9.17) is 9.47 Å². The van der Waals surface area contributed by atoms with Crippen molar-refractivity contribution in [3.8, 4) is 11.8 Å². The van der Waals surface area contributed by atoms with Crippen LogP contribution in [0.3, 0.4) is 0 Å². The molecule has 9 nitrogen and oxygen atoms in total. The average Bonchev–Trinajstić information content (AvgIpc) is 3.32. The van der Waals surface area contributed by atoms with Gasteiger partial charge >= 0.3 is 0 Å². The first-order valence-corrected chi connectivity index (χ1v) is 19.0. The molecular formula is C39H58N6O3. The smallest absolute Gasteiger partial charge is 0.246 e. The lowest BCUT2D eigenvalue weighted by Crippen LogP contribution is -2.82. The number of hydrogen-bond donors (Lipinski definition) is 2. The van der Waals surface area contributed by atoms with Crippen LogP contribution >= 0.6 is 0 Å². The Bertz CT molecular complexity index is 1360. The van der Waals surface area contributed by atoms with E-state index >= 15 is 0 Å². The zero-order valence-electron chi connectivity index (χ0n) is 29.4. The first-order chi connectivity index (χ1) is 23.4. The summed E-state index contributed by atoms with van der Waals surface area (Å²) in [5.41, 5.74) is 2.09. The van der Waals surface area contributed by atoms with Crippen LogP contribution in [0.15, 0.2) is 30.9 Å². The Morgan fingerprint density at radius 3 is 2.69 bits per heavy atom. The number of carbonyl (C=O) groups is 1. The fourth-order valence-electron chi connectivity index (χ4n) is 10.6. The standard InChI is InChI=1S/C39H58N6O3/c1-4-35(46)45-24-23-44(26-31(45)18-21-40)39(30-13-7-5-6-8-14-30)33-17-20-38(19-16-29-12-9-11-28(2)36(29)48-38)25-34(33)41-37(42-39)47-27-32-15-10-22-43(32)3/h4,9,11-12,30-34,37,41-42H,1,5-8,10,13-20,22-27H2,2-3H3/t31?,32?,33?,34?,37?,38-,39?/m0/s1. The summed E-state index contributed by atoms with van der Waals surface area (Å²) < 4.78 is 14.0. The molecule has 7 rings (SSSR count). The van der Waals surface area contributed by atoms with Crippen LogP contribution in [0.1, 0.15) is 94.6 Å². The molecule has 9 heteroatoms. The van der Waals surface area contributed by atoms with Crippen molar-refractivity contribution < 1.29 is 14.3 Å². The number of nitrogens with one attached hydrogen (secondary N) is 2. The van der Waals surface area contributed by atoms with Gasteiger partial charge in [-0.1, -0.05) is 50.5 Å². The van der Waals surface area contributed by atoms with Gasteiger partial charge < -0.3 is 19.3 Å². The van der Waals surface area contributed by atoms with Crippen LogP contribution in [0.5, 0.6) is 5.75 Å². The highest BCUT2D eigenvalue weighted by atomic mass is 16.5. The molecule has 7 atom stereocenters. The van der Waals surface area contributed by atoms with Gasteiger partial charge in [-0.25, -0.2) is 0 Å². The third-order valence-corrected chi connectivity index (χ3v) is 13.1. The molecule has 1 spiro atoms. The van der Waals surface area contributed by atoms with Gasteiger partial charge in [0.05, 0.1) is 30.8 Å². The fourth-order valence-corrected chi connectivity index (χ4v) is 10.6. The van der Waals surface area contributed by atoms with E-state index in [9.17, 15) is 10.1 Å². The molecule has 6 aliphatic rings. The van der Waals surface area contributed by atoms with Crippen LogP contribution in [0, 0.1) is 30.1 Å². The molecule has 5 fully saturated rings. The minimum Gasteiger partial charge on any atom is -0.487 e. The van der Waals surface area contributed by atoms with E-state index in [2.05, 4.69) is 65.3 Å². The Labute approximate surface area is 288 Å². The number of nitriles is 1. The summed E-state index contributed by atoms with van der Waals surface area (Å²) in [6.07, 6.45) is 16.5. The second-order valence-electron chi connectivity index (χ2n) is 15.8. The second kappa shape index (κ2) is 14.4. The molecule has 6 unspecified atom stereocenters. The van der Waals surface area contributed by atoms with Crippen LogP contribution in [-0.4, -0.2) is 96.2 Å². The minimum atomic E-state index is -0.298. The topological polar surface area (TPSA) is 93.1 Å². The maximum atomic E-state index is 13.0. The number of aryl methyl sites for hydroxylation is 2. The Balaban J connectivity index is 1.24. The van der Waals surface area contributed by atoms with E-state index in [1.165, 1.54) is 68.6 Å². The molecule has 4 aliphatic heterocycles. The van der Waals surface area contributed by atoms with Crippen LogP contribution in [0.25, 0.3) is 0 Å². The SMILES string of the molecule is C=CC(=O)N1CCN(C2(C3CCCCCC3)NC(OCC3CCCN3C)NC3C[C@]4(CCc5cccc(C)c5O4)CCC32)CC1CC#N. The summed E-state index contributed by atoms with van der Waals surface area (Å²) in [5, 5.41) is 18.2. The zero-order valence-corrected chi connectivity index (χ0v) is 29.4. The van der Waals surface area contributed by atoms with Gasteiger partial charge in [0.25, 0.3) is 0 Å². The number of nitrogens with zero attached hydrogens (tertiary/aromatic N) is 4. The van der Waals surface area contributed by atoms with Gasteiger partial charge in [-0.15, -0.1) is 0 Å². The van der Waals surface area contributed by atoms with Crippen molar-refractivity contribution in [2.24, 2.45) is 11.8 Å². The Morgan fingerprint density at radius 1 is 1.10 bits per heavy atom. The van der Waals surface area contributed by atoms with E-state index < -0.39 is 0 Å². The molecule has 1 aromatic rings. The summed E-state index contributed by atoms with van der Waals surface area (Å²) in [6.45, 7) is 9.87. The van der Waals surface area contributed by atoms with Gasteiger partial charge in [0, 0.05) is 44.1 Å². The molecule has 2 saturated carbocycles. The van der Waals surface area contributed by atoms with Crippen molar-refractivity contribution >= 4 is 5.91 Å². The van der Waals surface area contributed by atoms with Gasteiger partial charge in [-0.05, 0) is 95.0 Å². The first kappa shape index (κ1) is 34.0. The largest absolute Gasteiger partial charge is 0.487 e. The number of para-hydroxylation sites is 1. The van der Waals surface area contributed by atoms with Crippen molar-refractivity contribution in [1.82, 2.24) is 25.3 Å². The number of amides is 1. The maximum Gasteiger partial charge on any atom is 0.246 e. The normalized spacial score (nSPS) is 36.4.